The molecule has 0 aliphatic carbocycles. The first-order chi connectivity index (χ1) is 6.81. The number of rotatable bonds is 3. The lowest BCUT2D eigenvalue weighted by Crippen LogP contribution is -1.91. The van der Waals surface area contributed by atoms with Crippen LogP contribution in [0.25, 0.3) is 0 Å². The van der Waals surface area contributed by atoms with Gasteiger partial charge in [-0.15, -0.1) is 0 Å². The second-order valence-electron chi connectivity index (χ2n) is 2.22. The number of benzene rings is 1. The van der Waals surface area contributed by atoms with Gasteiger partial charge in [0.05, 0.1) is 21.3 Å². The smallest absolute Gasteiger partial charge is 0.164 e. The van der Waals surface area contributed by atoms with Gasteiger partial charge in [0.15, 0.2) is 11.5 Å². The number of hydrogen-bond acceptors (Lipinski definition) is 3. The van der Waals surface area contributed by atoms with Gasteiger partial charge in [-0.05, 0) is 12.1 Å². The Hall–Kier alpha value is -1.38. The normalized spacial score (nSPS) is 8.36. The Balaban J connectivity index is 0.000000791. The molecule has 3 heteroatoms. The maximum atomic E-state index is 5.07. The molecule has 0 aromatic heterocycles. The molecule has 1 aromatic carbocycles. The maximum absolute atomic E-state index is 5.07. The maximum Gasteiger partial charge on any atom is 0.164 e. The van der Waals surface area contributed by atoms with Crippen molar-refractivity contribution in [2.75, 3.05) is 21.3 Å². The van der Waals surface area contributed by atoms with Crippen LogP contribution in [0.4, 0.5) is 0 Å². The third-order valence-corrected chi connectivity index (χ3v) is 1.59. The molecular formula is C11H18O3. The van der Waals surface area contributed by atoms with Crippen molar-refractivity contribution in [2.45, 2.75) is 13.8 Å². The minimum absolute atomic E-state index is 0.678. The van der Waals surface area contributed by atoms with Gasteiger partial charge in [0.1, 0.15) is 5.75 Å². The Morgan fingerprint density at radius 3 is 1.79 bits per heavy atom. The van der Waals surface area contributed by atoms with Crippen molar-refractivity contribution < 1.29 is 14.2 Å². The van der Waals surface area contributed by atoms with Gasteiger partial charge in [0.25, 0.3) is 0 Å². The van der Waals surface area contributed by atoms with E-state index in [0.29, 0.717) is 11.5 Å². The Labute approximate surface area is 85.6 Å². The van der Waals surface area contributed by atoms with Crippen LogP contribution in [-0.4, -0.2) is 21.3 Å². The van der Waals surface area contributed by atoms with Crippen LogP contribution in [0, 0.1) is 0 Å². The molecule has 0 spiro atoms. The van der Waals surface area contributed by atoms with Crippen molar-refractivity contribution >= 4 is 0 Å². The molecule has 0 amide bonds. The van der Waals surface area contributed by atoms with Gasteiger partial charge in [0, 0.05) is 6.07 Å². The second kappa shape index (κ2) is 7.06. The van der Waals surface area contributed by atoms with E-state index in [-0.39, 0.29) is 0 Å². The number of methoxy groups -OCH3 is 3. The highest BCUT2D eigenvalue weighted by Crippen LogP contribution is 2.30. The van der Waals surface area contributed by atoms with Crippen LogP contribution >= 0.6 is 0 Å². The van der Waals surface area contributed by atoms with Crippen molar-refractivity contribution in [1.29, 1.82) is 0 Å². The predicted molar refractivity (Wildman–Crippen MR) is 57.4 cm³/mol. The molecule has 80 valence electrons. The molecular weight excluding hydrogens is 180 g/mol. The standard InChI is InChI=1S/C9H12O3.C2H6/c1-10-7-4-5-8(11-2)9(6-7)12-3;1-2/h4-6H,1-3H3;1-2H3. The fourth-order valence-corrected chi connectivity index (χ4v) is 0.944. The van der Waals surface area contributed by atoms with Crippen molar-refractivity contribution in [3.63, 3.8) is 0 Å². The van der Waals surface area contributed by atoms with E-state index in [2.05, 4.69) is 0 Å². The van der Waals surface area contributed by atoms with Crippen molar-refractivity contribution in [3.05, 3.63) is 18.2 Å². The molecule has 0 fully saturated rings. The molecule has 14 heavy (non-hydrogen) atoms. The van der Waals surface area contributed by atoms with Gasteiger partial charge in [0.2, 0.25) is 0 Å². The molecule has 0 radical (unpaired) electrons. The summed E-state index contributed by atoms with van der Waals surface area (Å²) in [5.74, 6) is 2.14. The van der Waals surface area contributed by atoms with Crippen molar-refractivity contribution in [3.8, 4) is 17.2 Å². The van der Waals surface area contributed by atoms with Crippen molar-refractivity contribution in [2.24, 2.45) is 0 Å². The van der Waals surface area contributed by atoms with E-state index >= 15 is 0 Å². The summed E-state index contributed by atoms with van der Waals surface area (Å²) in [5.41, 5.74) is 0. The summed E-state index contributed by atoms with van der Waals surface area (Å²) in [6, 6.07) is 5.40. The van der Waals surface area contributed by atoms with Crippen LogP contribution < -0.4 is 14.2 Å². The third-order valence-electron chi connectivity index (χ3n) is 1.59. The lowest BCUT2D eigenvalue weighted by atomic mass is 10.3. The molecule has 0 unspecified atom stereocenters. The van der Waals surface area contributed by atoms with Gasteiger partial charge in [-0.25, -0.2) is 0 Å². The Kier molecular flexibility index (Phi) is 6.37. The molecule has 0 saturated heterocycles. The van der Waals surface area contributed by atoms with E-state index < -0.39 is 0 Å². The summed E-state index contributed by atoms with van der Waals surface area (Å²) in [6.45, 7) is 4.00. The molecule has 0 aliphatic heterocycles. The Bertz CT molecular complexity index is 259. The Morgan fingerprint density at radius 2 is 1.36 bits per heavy atom. The number of hydrogen-bond donors (Lipinski definition) is 0. The average molecular weight is 198 g/mol. The summed E-state index contributed by atoms with van der Waals surface area (Å²) < 4.78 is 15.1. The van der Waals surface area contributed by atoms with Crippen LogP contribution in [0.2, 0.25) is 0 Å². The highest BCUT2D eigenvalue weighted by Gasteiger charge is 2.03. The predicted octanol–water partition coefficient (Wildman–Crippen LogP) is 2.74. The first kappa shape index (κ1) is 12.6. The SMILES string of the molecule is CC.COc1ccc(OC)c(OC)c1. The molecule has 3 nitrogen and oxygen atoms in total. The largest absolute Gasteiger partial charge is 0.497 e. The summed E-state index contributed by atoms with van der Waals surface area (Å²) in [5, 5.41) is 0. The van der Waals surface area contributed by atoms with Crippen molar-refractivity contribution in [1.82, 2.24) is 0 Å². The molecule has 1 aromatic rings. The molecule has 0 N–H and O–H groups in total. The van der Waals surface area contributed by atoms with Crippen LogP contribution in [0.1, 0.15) is 13.8 Å². The minimum Gasteiger partial charge on any atom is -0.497 e. The van der Waals surface area contributed by atoms with Gasteiger partial charge in [-0.2, -0.15) is 0 Å². The van der Waals surface area contributed by atoms with E-state index in [1.165, 1.54) is 0 Å². The van der Waals surface area contributed by atoms with Crippen LogP contribution in [0.15, 0.2) is 18.2 Å². The van der Waals surface area contributed by atoms with Gasteiger partial charge in [-0.3, -0.25) is 0 Å². The molecule has 0 aliphatic rings. The topological polar surface area (TPSA) is 27.7 Å². The second-order valence-corrected chi connectivity index (χ2v) is 2.22. The molecule has 0 bridgehead atoms. The van der Waals surface area contributed by atoms with Gasteiger partial charge >= 0.3 is 0 Å². The summed E-state index contributed by atoms with van der Waals surface area (Å²) >= 11 is 0. The van der Waals surface area contributed by atoms with E-state index in [9.17, 15) is 0 Å². The number of ether oxygens (including phenoxy) is 3. The average Bonchev–Trinajstić information content (AvgIpc) is 2.30. The Morgan fingerprint density at radius 1 is 0.786 bits per heavy atom. The first-order valence-electron chi connectivity index (χ1n) is 4.58. The highest BCUT2D eigenvalue weighted by atomic mass is 16.5. The first-order valence-corrected chi connectivity index (χ1v) is 4.58. The zero-order valence-electron chi connectivity index (χ0n) is 9.46. The lowest BCUT2D eigenvalue weighted by Gasteiger charge is -2.08. The van der Waals surface area contributed by atoms with Gasteiger partial charge < -0.3 is 14.2 Å². The molecule has 1 rings (SSSR count). The highest BCUT2D eigenvalue weighted by molar-refractivity contribution is 5.45. The van der Waals surface area contributed by atoms with E-state index in [4.69, 9.17) is 14.2 Å². The molecule has 0 saturated carbocycles. The van der Waals surface area contributed by atoms with Crippen LogP contribution in [0.3, 0.4) is 0 Å². The van der Waals surface area contributed by atoms with E-state index in [0.717, 1.165) is 5.75 Å². The minimum atomic E-state index is 0.678. The van der Waals surface area contributed by atoms with Gasteiger partial charge in [-0.1, -0.05) is 13.8 Å². The monoisotopic (exact) mass is 198 g/mol. The van der Waals surface area contributed by atoms with E-state index in [1.807, 2.05) is 19.9 Å². The summed E-state index contributed by atoms with van der Waals surface area (Å²) in [4.78, 5) is 0. The quantitative estimate of drug-likeness (QED) is 0.747. The fraction of sp³-hybridized carbons (Fsp3) is 0.455. The summed E-state index contributed by atoms with van der Waals surface area (Å²) in [6.07, 6.45) is 0. The van der Waals surface area contributed by atoms with E-state index in [1.54, 1.807) is 33.5 Å². The summed E-state index contributed by atoms with van der Waals surface area (Å²) in [7, 11) is 4.81. The van der Waals surface area contributed by atoms with Crippen LogP contribution in [0.5, 0.6) is 17.2 Å². The fourth-order valence-electron chi connectivity index (χ4n) is 0.944. The lowest BCUT2D eigenvalue weighted by molar-refractivity contribution is 0.349. The molecule has 0 heterocycles. The zero-order valence-corrected chi connectivity index (χ0v) is 9.46. The van der Waals surface area contributed by atoms with Crippen LogP contribution in [-0.2, 0) is 0 Å². The molecule has 0 atom stereocenters. The zero-order chi connectivity index (χ0) is 11.0. The third kappa shape index (κ3) is 3.17.